The molecule has 0 saturated heterocycles. The Labute approximate surface area is 124 Å². The van der Waals surface area contributed by atoms with Crippen molar-refractivity contribution in [3.05, 3.63) is 36.5 Å². The van der Waals surface area contributed by atoms with Crippen LogP contribution in [0.3, 0.4) is 0 Å². The van der Waals surface area contributed by atoms with Gasteiger partial charge in [0.1, 0.15) is 0 Å². The highest BCUT2D eigenvalue weighted by atomic mass is 35.5. The Hall–Kier alpha value is -1.17. The van der Waals surface area contributed by atoms with Gasteiger partial charge in [0.15, 0.2) is 0 Å². The number of rotatable bonds is 6. The van der Waals surface area contributed by atoms with Crippen LogP contribution in [0.25, 0.3) is 10.9 Å². The van der Waals surface area contributed by atoms with E-state index in [4.69, 9.17) is 11.6 Å². The molecule has 0 radical (unpaired) electrons. The van der Waals surface area contributed by atoms with Crippen molar-refractivity contribution in [1.29, 1.82) is 0 Å². The van der Waals surface area contributed by atoms with Crippen LogP contribution >= 0.6 is 11.6 Å². The molecule has 1 unspecified atom stereocenters. The molecule has 1 aromatic heterocycles. The van der Waals surface area contributed by atoms with E-state index in [1.807, 2.05) is 6.92 Å². The summed E-state index contributed by atoms with van der Waals surface area (Å²) in [6.45, 7) is 2.35. The minimum absolute atomic E-state index is 0.204. The predicted octanol–water partition coefficient (Wildman–Crippen LogP) is 2.78. The van der Waals surface area contributed by atoms with E-state index in [2.05, 4.69) is 9.71 Å². The molecule has 0 spiro atoms. The van der Waals surface area contributed by atoms with E-state index in [1.165, 1.54) is 0 Å². The highest BCUT2D eigenvalue weighted by Crippen LogP contribution is 2.21. The summed E-state index contributed by atoms with van der Waals surface area (Å²) >= 11 is 5.66. The Kier molecular flexibility index (Phi) is 4.96. The Morgan fingerprint density at radius 3 is 2.85 bits per heavy atom. The Morgan fingerprint density at radius 2 is 2.10 bits per heavy atom. The molecule has 20 heavy (non-hydrogen) atoms. The molecule has 1 heterocycles. The summed E-state index contributed by atoms with van der Waals surface area (Å²) in [7, 11) is -3.53. The number of halogens is 1. The maximum atomic E-state index is 12.4. The standard InChI is InChI=1S/C14H17ClN2O2S/c1-11(7-8-15)10-17-20(18,19)14-6-2-5-13-12(14)4-3-9-16-13/h2-6,9,11,17H,7-8,10H2,1H3. The number of pyridine rings is 1. The first kappa shape index (κ1) is 15.2. The summed E-state index contributed by atoms with van der Waals surface area (Å²) in [5.41, 5.74) is 0.671. The molecule has 0 amide bonds. The van der Waals surface area contributed by atoms with Crippen molar-refractivity contribution in [2.75, 3.05) is 12.4 Å². The number of nitrogens with zero attached hydrogens (tertiary/aromatic N) is 1. The van der Waals surface area contributed by atoms with E-state index < -0.39 is 10.0 Å². The van der Waals surface area contributed by atoms with Crippen LogP contribution in [0, 0.1) is 5.92 Å². The van der Waals surface area contributed by atoms with Crippen molar-refractivity contribution in [3.8, 4) is 0 Å². The van der Waals surface area contributed by atoms with Crippen molar-refractivity contribution in [1.82, 2.24) is 9.71 Å². The zero-order valence-electron chi connectivity index (χ0n) is 11.2. The van der Waals surface area contributed by atoms with Crippen molar-refractivity contribution < 1.29 is 8.42 Å². The van der Waals surface area contributed by atoms with E-state index in [9.17, 15) is 8.42 Å². The minimum Gasteiger partial charge on any atom is -0.256 e. The summed E-state index contributed by atoms with van der Waals surface area (Å²) in [6.07, 6.45) is 2.43. The lowest BCUT2D eigenvalue weighted by atomic mass is 10.1. The van der Waals surface area contributed by atoms with Gasteiger partial charge in [-0.25, -0.2) is 13.1 Å². The molecule has 4 nitrogen and oxygen atoms in total. The molecule has 0 saturated carbocycles. The highest BCUT2D eigenvalue weighted by molar-refractivity contribution is 7.89. The summed E-state index contributed by atoms with van der Waals surface area (Å²) in [5, 5.41) is 0.632. The molecule has 0 bridgehead atoms. The molecule has 1 aromatic carbocycles. The third-order valence-corrected chi connectivity index (χ3v) is 4.82. The predicted molar refractivity (Wildman–Crippen MR) is 81.4 cm³/mol. The first-order chi connectivity index (χ1) is 9.54. The molecule has 6 heteroatoms. The Morgan fingerprint density at radius 1 is 1.30 bits per heavy atom. The van der Waals surface area contributed by atoms with Gasteiger partial charge in [0.25, 0.3) is 0 Å². The third-order valence-electron chi connectivity index (χ3n) is 3.12. The summed E-state index contributed by atoms with van der Waals surface area (Å²) in [5.74, 6) is 0.733. The van der Waals surface area contributed by atoms with Crippen molar-refractivity contribution in [2.24, 2.45) is 5.92 Å². The molecule has 0 aliphatic rings. The number of hydrogen-bond donors (Lipinski definition) is 1. The van der Waals surface area contributed by atoms with Gasteiger partial charge in [-0.2, -0.15) is 0 Å². The fraction of sp³-hybridized carbons (Fsp3) is 0.357. The van der Waals surface area contributed by atoms with Gasteiger partial charge in [0.2, 0.25) is 10.0 Å². The van der Waals surface area contributed by atoms with Crippen LogP contribution in [0.15, 0.2) is 41.4 Å². The van der Waals surface area contributed by atoms with Gasteiger partial charge in [0, 0.05) is 24.0 Å². The monoisotopic (exact) mass is 312 g/mol. The van der Waals surface area contributed by atoms with Crippen LogP contribution in [0.4, 0.5) is 0 Å². The molecule has 0 aliphatic carbocycles. The summed E-state index contributed by atoms with van der Waals surface area (Å²) < 4.78 is 27.4. The fourth-order valence-electron chi connectivity index (χ4n) is 1.93. The number of sulfonamides is 1. The second kappa shape index (κ2) is 6.52. The van der Waals surface area contributed by atoms with Crippen LogP contribution in [0.5, 0.6) is 0 Å². The number of aromatic nitrogens is 1. The van der Waals surface area contributed by atoms with E-state index in [-0.39, 0.29) is 10.8 Å². The summed E-state index contributed by atoms with van der Waals surface area (Å²) in [4.78, 5) is 4.44. The number of fused-ring (bicyclic) bond motifs is 1. The normalized spacial score (nSPS) is 13.5. The van der Waals surface area contributed by atoms with Crippen LogP contribution < -0.4 is 4.72 Å². The molecule has 0 aliphatic heterocycles. The fourth-order valence-corrected chi connectivity index (χ4v) is 3.68. The van der Waals surface area contributed by atoms with Gasteiger partial charge in [-0.15, -0.1) is 11.6 Å². The average molecular weight is 313 g/mol. The second-order valence-corrected chi connectivity index (χ2v) is 6.87. The molecule has 1 atom stereocenters. The van der Waals surface area contributed by atoms with E-state index in [1.54, 1.807) is 36.5 Å². The molecule has 2 rings (SSSR count). The van der Waals surface area contributed by atoms with Crippen molar-refractivity contribution in [2.45, 2.75) is 18.2 Å². The lowest BCUT2D eigenvalue weighted by Crippen LogP contribution is -2.28. The van der Waals surface area contributed by atoms with Crippen molar-refractivity contribution >= 4 is 32.5 Å². The number of benzene rings is 1. The summed E-state index contributed by atoms with van der Waals surface area (Å²) in [6, 6.07) is 8.59. The van der Waals surface area contributed by atoms with Gasteiger partial charge in [-0.05, 0) is 36.6 Å². The van der Waals surface area contributed by atoms with Gasteiger partial charge >= 0.3 is 0 Å². The maximum Gasteiger partial charge on any atom is 0.241 e. The third kappa shape index (κ3) is 3.48. The van der Waals surface area contributed by atoms with Gasteiger partial charge in [0.05, 0.1) is 10.4 Å². The number of nitrogens with one attached hydrogen (secondary N) is 1. The minimum atomic E-state index is -3.53. The first-order valence-corrected chi connectivity index (χ1v) is 8.46. The quantitative estimate of drug-likeness (QED) is 0.834. The molecule has 0 fully saturated rings. The first-order valence-electron chi connectivity index (χ1n) is 6.44. The number of alkyl halides is 1. The largest absolute Gasteiger partial charge is 0.256 e. The second-order valence-electron chi connectivity index (χ2n) is 4.76. The van der Waals surface area contributed by atoms with Crippen LogP contribution in [0.2, 0.25) is 0 Å². The maximum absolute atomic E-state index is 12.4. The van der Waals surface area contributed by atoms with Crippen molar-refractivity contribution in [3.63, 3.8) is 0 Å². The molecule has 108 valence electrons. The van der Waals surface area contributed by atoms with Gasteiger partial charge < -0.3 is 0 Å². The molecule has 2 aromatic rings. The SMILES string of the molecule is CC(CCCl)CNS(=O)(=O)c1cccc2ncccc12. The smallest absolute Gasteiger partial charge is 0.241 e. The number of hydrogen-bond acceptors (Lipinski definition) is 3. The van der Waals surface area contributed by atoms with Crippen LogP contribution in [0.1, 0.15) is 13.3 Å². The Balaban J connectivity index is 2.28. The van der Waals surface area contributed by atoms with E-state index in [0.717, 1.165) is 6.42 Å². The van der Waals surface area contributed by atoms with Gasteiger partial charge in [-0.1, -0.05) is 13.0 Å². The highest BCUT2D eigenvalue weighted by Gasteiger charge is 2.18. The van der Waals surface area contributed by atoms with Crippen LogP contribution in [-0.4, -0.2) is 25.8 Å². The lowest BCUT2D eigenvalue weighted by Gasteiger charge is -2.12. The van der Waals surface area contributed by atoms with Crippen LogP contribution in [-0.2, 0) is 10.0 Å². The topological polar surface area (TPSA) is 59.1 Å². The van der Waals surface area contributed by atoms with Gasteiger partial charge in [-0.3, -0.25) is 4.98 Å². The molecule has 1 N–H and O–H groups in total. The zero-order chi connectivity index (χ0) is 14.6. The lowest BCUT2D eigenvalue weighted by molar-refractivity contribution is 0.530. The molecular weight excluding hydrogens is 296 g/mol. The zero-order valence-corrected chi connectivity index (χ0v) is 12.8. The van der Waals surface area contributed by atoms with E-state index >= 15 is 0 Å². The van der Waals surface area contributed by atoms with E-state index in [0.29, 0.717) is 23.3 Å². The average Bonchev–Trinajstić information content (AvgIpc) is 2.45. The Bertz CT molecular complexity index is 683. The molecular formula is C14H17ClN2O2S.